The number of esters is 1. The highest BCUT2D eigenvalue weighted by Gasteiger charge is 2.23. The number of halogens is 2. The van der Waals surface area contributed by atoms with Gasteiger partial charge in [0.2, 0.25) is 0 Å². The average Bonchev–Trinajstić information content (AvgIpc) is 3.10. The fraction of sp³-hybridized carbons (Fsp3) is 0.292. The molecule has 0 aliphatic heterocycles. The Morgan fingerprint density at radius 2 is 1.88 bits per heavy atom. The summed E-state index contributed by atoms with van der Waals surface area (Å²) in [4.78, 5) is 28.7. The summed E-state index contributed by atoms with van der Waals surface area (Å²) < 4.78 is 8.10. The molecule has 0 bridgehead atoms. The average molecular weight is 593 g/mol. The maximum Gasteiger partial charge on any atom is 0.308 e. The van der Waals surface area contributed by atoms with Gasteiger partial charge in [0.1, 0.15) is 5.75 Å². The zero-order chi connectivity index (χ0) is 24.7. The lowest BCUT2D eigenvalue weighted by Gasteiger charge is -2.15. The van der Waals surface area contributed by atoms with Gasteiger partial charge in [-0.3, -0.25) is 9.59 Å². The molecule has 1 aromatic heterocycles. The summed E-state index contributed by atoms with van der Waals surface area (Å²) in [6.07, 6.45) is 0.703. The number of anilines is 1. The van der Waals surface area contributed by atoms with Crippen LogP contribution < -0.4 is 21.1 Å². The van der Waals surface area contributed by atoms with Gasteiger partial charge in [-0.05, 0) is 68.5 Å². The van der Waals surface area contributed by atoms with Crippen molar-refractivity contribution in [2.24, 2.45) is 5.73 Å². The Labute approximate surface area is 215 Å². The molecule has 180 valence electrons. The molecule has 3 aromatic rings. The lowest BCUT2D eigenvalue weighted by atomic mass is 10.1. The van der Waals surface area contributed by atoms with Crippen LogP contribution in [0.5, 0.6) is 5.75 Å². The first-order chi connectivity index (χ1) is 16.3. The van der Waals surface area contributed by atoms with Gasteiger partial charge in [0.15, 0.2) is 16.2 Å². The van der Waals surface area contributed by atoms with E-state index in [1.165, 1.54) is 6.92 Å². The second-order valence-corrected chi connectivity index (χ2v) is 9.28. The molecule has 2 aromatic carbocycles. The van der Waals surface area contributed by atoms with E-state index in [1.54, 1.807) is 10.6 Å². The van der Waals surface area contributed by atoms with Crippen LogP contribution in [0.25, 0.3) is 0 Å². The quantitative estimate of drug-likeness (QED) is 0.241. The highest BCUT2D eigenvalue weighted by Crippen LogP contribution is 2.28. The highest BCUT2D eigenvalue weighted by atomic mass is 79.9. The number of rotatable bonds is 10. The number of hydrogen-bond donors (Lipinski definition) is 3. The Hall–Kier alpha value is -2.69. The minimum atomic E-state index is -0.398. The van der Waals surface area contributed by atoms with Crippen LogP contribution in [-0.4, -0.2) is 40.6 Å². The van der Waals surface area contributed by atoms with Crippen LogP contribution in [0.3, 0.4) is 0 Å². The number of carbonyl (C=O) groups excluding carboxylic acids is 2. The summed E-state index contributed by atoms with van der Waals surface area (Å²) in [5, 5.41) is 6.10. The molecule has 0 aliphatic carbocycles. The van der Waals surface area contributed by atoms with Gasteiger partial charge in [0, 0.05) is 26.1 Å². The molecule has 3 rings (SSSR count). The van der Waals surface area contributed by atoms with E-state index in [4.69, 9.17) is 10.5 Å². The topological polar surface area (TPSA) is 111 Å². The van der Waals surface area contributed by atoms with Gasteiger partial charge in [-0.15, -0.1) is 0 Å². The second kappa shape index (κ2) is 12.1. The van der Waals surface area contributed by atoms with Crippen LogP contribution in [-0.2, 0) is 17.8 Å². The summed E-state index contributed by atoms with van der Waals surface area (Å²) in [5.41, 5.74) is 8.76. The largest absolute Gasteiger partial charge is 0.426 e. The third kappa shape index (κ3) is 6.91. The third-order valence-electron chi connectivity index (χ3n) is 4.94. The van der Waals surface area contributed by atoms with E-state index < -0.39 is 5.97 Å². The molecule has 34 heavy (non-hydrogen) atoms. The number of carbonyl (C=O) groups is 2. The molecule has 0 saturated heterocycles. The molecule has 4 N–H and O–H groups in total. The van der Waals surface area contributed by atoms with E-state index in [0.29, 0.717) is 52.5 Å². The predicted molar refractivity (Wildman–Crippen MR) is 139 cm³/mol. The van der Waals surface area contributed by atoms with Crippen LogP contribution in [0.1, 0.15) is 35.5 Å². The summed E-state index contributed by atoms with van der Waals surface area (Å²) in [7, 11) is 0. The monoisotopic (exact) mass is 591 g/mol. The molecule has 8 nitrogen and oxygen atoms in total. The van der Waals surface area contributed by atoms with Gasteiger partial charge >= 0.3 is 5.97 Å². The van der Waals surface area contributed by atoms with Gasteiger partial charge in [0.25, 0.3) is 5.91 Å². The molecule has 0 aliphatic rings. The first-order valence-corrected chi connectivity index (χ1v) is 12.4. The van der Waals surface area contributed by atoms with E-state index >= 15 is 0 Å². The van der Waals surface area contributed by atoms with Gasteiger partial charge in [-0.25, -0.2) is 4.98 Å². The molecular formula is C24H27Br2N5O3. The molecule has 0 radical (unpaired) electrons. The molecule has 0 saturated carbocycles. The normalized spacial score (nSPS) is 11.7. The minimum absolute atomic E-state index is 0.154. The van der Waals surface area contributed by atoms with Crippen molar-refractivity contribution < 1.29 is 14.3 Å². The number of ether oxygens (including phenoxy) is 1. The van der Waals surface area contributed by atoms with Crippen molar-refractivity contribution in [3.8, 4) is 5.75 Å². The van der Waals surface area contributed by atoms with E-state index in [1.807, 2.05) is 49.4 Å². The van der Waals surface area contributed by atoms with E-state index in [2.05, 4.69) is 47.5 Å². The van der Waals surface area contributed by atoms with Crippen LogP contribution in [0.15, 0.2) is 57.7 Å². The summed E-state index contributed by atoms with van der Waals surface area (Å²) >= 11 is 6.92. The zero-order valence-corrected chi connectivity index (χ0v) is 22.1. The number of nitrogens with zero attached hydrogens (tertiary/aromatic N) is 2. The van der Waals surface area contributed by atoms with Crippen LogP contribution in [0.4, 0.5) is 5.82 Å². The van der Waals surface area contributed by atoms with Crippen molar-refractivity contribution in [3.63, 3.8) is 0 Å². The Morgan fingerprint density at radius 1 is 1.15 bits per heavy atom. The summed E-state index contributed by atoms with van der Waals surface area (Å²) in [6, 6.07) is 15.2. The number of imidazole rings is 1. The smallest absolute Gasteiger partial charge is 0.308 e. The molecule has 1 atom stereocenters. The Kier molecular flexibility index (Phi) is 9.26. The van der Waals surface area contributed by atoms with Crippen LogP contribution in [0.2, 0.25) is 0 Å². The van der Waals surface area contributed by atoms with E-state index in [0.717, 1.165) is 11.1 Å². The molecule has 10 heteroatoms. The second-order valence-electron chi connectivity index (χ2n) is 7.71. The fourth-order valence-corrected chi connectivity index (χ4v) is 4.43. The number of amides is 1. The summed E-state index contributed by atoms with van der Waals surface area (Å²) in [5.74, 6) is 0.248. The zero-order valence-electron chi connectivity index (χ0n) is 19.0. The van der Waals surface area contributed by atoms with Gasteiger partial charge < -0.3 is 25.7 Å². The first kappa shape index (κ1) is 25.9. The van der Waals surface area contributed by atoms with Crippen LogP contribution >= 0.6 is 31.9 Å². The number of hydrogen-bond acceptors (Lipinski definition) is 6. The maximum absolute atomic E-state index is 12.9. The van der Waals surface area contributed by atoms with Gasteiger partial charge in [-0.2, -0.15) is 0 Å². The number of aromatic nitrogens is 2. The highest BCUT2D eigenvalue weighted by molar-refractivity contribution is 9.10. The summed E-state index contributed by atoms with van der Waals surface area (Å²) in [6.45, 7) is 4.52. The Balaban J connectivity index is 1.81. The van der Waals surface area contributed by atoms with Crippen LogP contribution in [0, 0.1) is 0 Å². The third-order valence-corrected chi connectivity index (χ3v) is 6.16. The van der Waals surface area contributed by atoms with Crippen molar-refractivity contribution in [2.45, 2.75) is 32.9 Å². The molecule has 1 heterocycles. The van der Waals surface area contributed by atoms with Crippen molar-refractivity contribution in [3.05, 3.63) is 74.6 Å². The lowest BCUT2D eigenvalue weighted by molar-refractivity contribution is -0.131. The standard InChI is InChI=1S/C24H27Br2N5O3/c1-3-28-23(33)21-22(29-13-18(27)11-16-7-5-4-6-8-16)30-24(26)31(21)14-17-9-10-20(19(25)12-17)34-15(2)32/h4-10,12,18,29H,3,11,13-14,27H2,1-2H3,(H,28,33)/t18-/m1/s1. The number of benzene rings is 2. The van der Waals surface area contributed by atoms with Crippen molar-refractivity contribution in [1.29, 1.82) is 0 Å². The van der Waals surface area contributed by atoms with E-state index in [9.17, 15) is 9.59 Å². The number of nitrogens with one attached hydrogen (secondary N) is 2. The molecular weight excluding hydrogens is 566 g/mol. The molecule has 0 spiro atoms. The minimum Gasteiger partial charge on any atom is -0.426 e. The van der Waals surface area contributed by atoms with Gasteiger partial charge in [0.05, 0.1) is 11.0 Å². The number of nitrogens with two attached hydrogens (primary N) is 1. The van der Waals surface area contributed by atoms with Crippen molar-refractivity contribution >= 4 is 49.6 Å². The molecule has 1 amide bonds. The van der Waals surface area contributed by atoms with Gasteiger partial charge in [-0.1, -0.05) is 36.4 Å². The fourth-order valence-electron chi connectivity index (χ4n) is 3.45. The van der Waals surface area contributed by atoms with Crippen molar-refractivity contribution in [1.82, 2.24) is 14.9 Å². The van der Waals surface area contributed by atoms with E-state index in [-0.39, 0.29) is 11.9 Å². The first-order valence-electron chi connectivity index (χ1n) is 10.8. The lowest BCUT2D eigenvalue weighted by Crippen LogP contribution is -2.32. The maximum atomic E-state index is 12.9. The predicted octanol–water partition coefficient (Wildman–Crippen LogP) is 4.11. The Bertz CT molecular complexity index is 1150. The van der Waals surface area contributed by atoms with Crippen molar-refractivity contribution in [2.75, 3.05) is 18.4 Å². The molecule has 0 fully saturated rings. The Morgan fingerprint density at radius 3 is 2.53 bits per heavy atom. The molecule has 0 unspecified atom stereocenters. The SMILES string of the molecule is CCNC(=O)c1c(NC[C@H](N)Cc2ccccc2)nc(Br)n1Cc1ccc(OC(C)=O)c(Br)c1.